The number of H-pyrrole nitrogens is 1. The molecule has 174 valence electrons. The van der Waals surface area contributed by atoms with Gasteiger partial charge >= 0.3 is 0 Å². The van der Waals surface area contributed by atoms with Crippen LogP contribution in [0.15, 0.2) is 30.5 Å². The summed E-state index contributed by atoms with van der Waals surface area (Å²) in [4.78, 5) is 34.8. The molecule has 0 atom stereocenters. The maximum Gasteiger partial charge on any atom is 0.236 e. The van der Waals surface area contributed by atoms with E-state index in [0.29, 0.717) is 32.1 Å². The Kier molecular flexibility index (Phi) is 6.86. The molecule has 32 heavy (non-hydrogen) atoms. The van der Waals surface area contributed by atoms with E-state index in [1.807, 2.05) is 25.7 Å². The number of piperazine rings is 1. The number of hydrogen-bond acceptors (Lipinski definition) is 4. The van der Waals surface area contributed by atoms with Crippen LogP contribution in [0.3, 0.4) is 0 Å². The predicted octanol–water partition coefficient (Wildman–Crippen LogP) is 2.41. The lowest BCUT2D eigenvalue weighted by molar-refractivity contribution is -0.134. The van der Waals surface area contributed by atoms with Gasteiger partial charge in [0.1, 0.15) is 0 Å². The van der Waals surface area contributed by atoms with Crippen LogP contribution in [0, 0.1) is 0 Å². The van der Waals surface area contributed by atoms with Crippen LogP contribution in [-0.2, 0) is 9.59 Å². The van der Waals surface area contributed by atoms with Gasteiger partial charge in [-0.15, -0.1) is 0 Å². The number of aromatic nitrogens is 1. The van der Waals surface area contributed by atoms with Gasteiger partial charge in [0, 0.05) is 48.8 Å². The lowest BCUT2D eigenvalue weighted by Gasteiger charge is -2.37. The van der Waals surface area contributed by atoms with Crippen LogP contribution in [0.1, 0.15) is 45.1 Å². The zero-order chi connectivity index (χ0) is 22.7. The average Bonchev–Trinajstić information content (AvgIpc) is 3.17. The third kappa shape index (κ3) is 5.70. The molecule has 0 aliphatic carbocycles. The summed E-state index contributed by atoms with van der Waals surface area (Å²) in [7, 11) is 0. The van der Waals surface area contributed by atoms with Crippen molar-refractivity contribution in [2.24, 2.45) is 0 Å². The molecule has 0 spiro atoms. The highest BCUT2D eigenvalue weighted by atomic mass is 16.2. The van der Waals surface area contributed by atoms with E-state index in [2.05, 4.69) is 50.6 Å². The number of likely N-dealkylation sites (tertiary alicyclic amines) is 1. The largest absolute Gasteiger partial charge is 0.361 e. The molecule has 0 bridgehead atoms. The second kappa shape index (κ2) is 9.63. The van der Waals surface area contributed by atoms with E-state index >= 15 is 0 Å². The highest BCUT2D eigenvalue weighted by molar-refractivity contribution is 5.83. The lowest BCUT2D eigenvalue weighted by atomic mass is 9.89. The Balaban J connectivity index is 1.20. The molecule has 0 saturated carbocycles. The van der Waals surface area contributed by atoms with Crippen LogP contribution in [-0.4, -0.2) is 89.4 Å². The summed E-state index contributed by atoms with van der Waals surface area (Å²) in [6.07, 6.45) is 4.34. The van der Waals surface area contributed by atoms with E-state index in [4.69, 9.17) is 0 Å². The van der Waals surface area contributed by atoms with Gasteiger partial charge in [0.15, 0.2) is 0 Å². The molecule has 7 nitrogen and oxygen atoms in total. The van der Waals surface area contributed by atoms with E-state index in [0.717, 1.165) is 39.0 Å². The summed E-state index contributed by atoms with van der Waals surface area (Å²) in [6, 6.07) is 8.49. The molecule has 2 aliphatic heterocycles. The fourth-order valence-corrected chi connectivity index (χ4v) is 4.94. The van der Waals surface area contributed by atoms with Crippen molar-refractivity contribution >= 4 is 22.7 Å². The van der Waals surface area contributed by atoms with Gasteiger partial charge in [-0.25, -0.2) is 0 Å². The number of piperidine rings is 1. The number of hydrogen-bond donors (Lipinski definition) is 2. The van der Waals surface area contributed by atoms with E-state index in [-0.39, 0.29) is 17.4 Å². The van der Waals surface area contributed by atoms with Crippen LogP contribution < -0.4 is 5.32 Å². The van der Waals surface area contributed by atoms with E-state index < -0.39 is 0 Å². The Labute approximate surface area is 191 Å². The summed E-state index contributed by atoms with van der Waals surface area (Å²) < 4.78 is 0. The molecule has 0 unspecified atom stereocenters. The summed E-state index contributed by atoms with van der Waals surface area (Å²) in [5.74, 6) is 0.824. The van der Waals surface area contributed by atoms with Crippen LogP contribution in [0.5, 0.6) is 0 Å². The third-order valence-electron chi connectivity index (χ3n) is 6.61. The zero-order valence-corrected chi connectivity index (χ0v) is 19.7. The van der Waals surface area contributed by atoms with Crippen molar-refractivity contribution in [3.05, 3.63) is 36.0 Å². The minimum Gasteiger partial charge on any atom is -0.361 e. The molecule has 2 aliphatic rings. The Morgan fingerprint density at radius 3 is 2.31 bits per heavy atom. The fraction of sp³-hybridized carbons (Fsp3) is 0.600. The molecule has 0 radical (unpaired) electrons. The van der Waals surface area contributed by atoms with Gasteiger partial charge in [-0.05, 0) is 64.3 Å². The number of fused-ring (bicyclic) bond motifs is 1. The first kappa shape index (κ1) is 22.8. The molecule has 2 amide bonds. The van der Waals surface area contributed by atoms with Crippen LogP contribution >= 0.6 is 0 Å². The number of nitrogens with zero attached hydrogens (tertiary/aromatic N) is 3. The average molecular weight is 440 g/mol. The third-order valence-corrected chi connectivity index (χ3v) is 6.61. The molecule has 1 aromatic heterocycles. The summed E-state index contributed by atoms with van der Waals surface area (Å²) in [5.41, 5.74) is 2.41. The second-order valence-corrected chi connectivity index (χ2v) is 10.3. The van der Waals surface area contributed by atoms with Gasteiger partial charge in [0.05, 0.1) is 13.1 Å². The number of nitrogens with one attached hydrogen (secondary N) is 2. The summed E-state index contributed by atoms with van der Waals surface area (Å²) >= 11 is 0. The van der Waals surface area contributed by atoms with Crippen LogP contribution in [0.4, 0.5) is 0 Å². The smallest absolute Gasteiger partial charge is 0.236 e. The topological polar surface area (TPSA) is 71.7 Å². The molecule has 3 heterocycles. The normalized spacial score (nSPS) is 19.4. The Hall–Kier alpha value is -2.38. The van der Waals surface area contributed by atoms with Crippen molar-refractivity contribution in [2.45, 2.75) is 45.1 Å². The lowest BCUT2D eigenvalue weighted by Crippen LogP contribution is -2.54. The number of para-hydroxylation sites is 1. The van der Waals surface area contributed by atoms with Crippen LogP contribution in [0.25, 0.3) is 10.9 Å². The van der Waals surface area contributed by atoms with Gasteiger partial charge in [0.2, 0.25) is 11.8 Å². The minimum atomic E-state index is -0.212. The van der Waals surface area contributed by atoms with Gasteiger partial charge < -0.3 is 15.2 Å². The Morgan fingerprint density at radius 1 is 0.969 bits per heavy atom. The Morgan fingerprint density at radius 2 is 1.62 bits per heavy atom. The molecule has 2 fully saturated rings. The standard InChI is InChI=1S/C25H37N5O2/c1-25(2,3)27-23(31)17-29-12-14-30(15-13-29)24(32)18-28-10-8-19(9-11-28)21-16-26-22-7-5-4-6-20(21)22/h4-7,16,19,26H,8-15,17-18H2,1-3H3,(H,27,31). The van der Waals surface area contributed by atoms with Crippen molar-refractivity contribution in [3.8, 4) is 0 Å². The molecule has 2 aromatic rings. The van der Waals surface area contributed by atoms with Crippen molar-refractivity contribution < 1.29 is 9.59 Å². The van der Waals surface area contributed by atoms with E-state index in [1.165, 1.54) is 16.5 Å². The van der Waals surface area contributed by atoms with E-state index in [9.17, 15) is 9.59 Å². The highest BCUT2D eigenvalue weighted by Gasteiger charge is 2.27. The second-order valence-electron chi connectivity index (χ2n) is 10.3. The van der Waals surface area contributed by atoms with Crippen molar-refractivity contribution in [2.75, 3.05) is 52.4 Å². The molecule has 1 aromatic carbocycles. The molecule has 2 saturated heterocycles. The van der Waals surface area contributed by atoms with E-state index in [1.54, 1.807) is 0 Å². The molecule has 7 heteroatoms. The monoisotopic (exact) mass is 439 g/mol. The number of carbonyl (C=O) groups is 2. The summed E-state index contributed by atoms with van der Waals surface area (Å²) in [5, 5.41) is 4.34. The summed E-state index contributed by atoms with van der Waals surface area (Å²) in [6.45, 7) is 11.7. The van der Waals surface area contributed by atoms with Gasteiger partial charge in [-0.1, -0.05) is 18.2 Å². The number of rotatable bonds is 5. The number of aromatic amines is 1. The highest BCUT2D eigenvalue weighted by Crippen LogP contribution is 2.33. The first-order valence-corrected chi connectivity index (χ1v) is 11.9. The number of amides is 2. The molecular weight excluding hydrogens is 402 g/mol. The van der Waals surface area contributed by atoms with Gasteiger partial charge in [-0.3, -0.25) is 19.4 Å². The Bertz CT molecular complexity index is 931. The van der Waals surface area contributed by atoms with Gasteiger partial charge in [-0.2, -0.15) is 0 Å². The van der Waals surface area contributed by atoms with Crippen molar-refractivity contribution in [3.63, 3.8) is 0 Å². The predicted molar refractivity (Wildman–Crippen MR) is 128 cm³/mol. The van der Waals surface area contributed by atoms with Gasteiger partial charge in [0.25, 0.3) is 0 Å². The number of carbonyl (C=O) groups excluding carboxylic acids is 2. The first-order chi connectivity index (χ1) is 15.3. The maximum atomic E-state index is 12.8. The quantitative estimate of drug-likeness (QED) is 0.751. The van der Waals surface area contributed by atoms with Crippen molar-refractivity contribution in [1.82, 2.24) is 25.0 Å². The zero-order valence-electron chi connectivity index (χ0n) is 19.7. The first-order valence-electron chi connectivity index (χ1n) is 11.9. The molecule has 4 rings (SSSR count). The fourth-order valence-electron chi connectivity index (χ4n) is 4.94. The van der Waals surface area contributed by atoms with Crippen molar-refractivity contribution in [1.29, 1.82) is 0 Å². The molecular formula is C25H37N5O2. The minimum absolute atomic E-state index is 0.0512. The number of benzene rings is 1. The SMILES string of the molecule is CC(C)(C)NC(=O)CN1CCN(C(=O)CN2CCC(c3c[nH]c4ccccc34)CC2)CC1. The van der Waals surface area contributed by atoms with Crippen LogP contribution in [0.2, 0.25) is 0 Å². The maximum absolute atomic E-state index is 12.8. The molecule has 2 N–H and O–H groups in total.